The molecular weight excluding hydrogens is 425 g/mol. The Morgan fingerprint density at radius 3 is 2.61 bits per heavy atom. The van der Waals surface area contributed by atoms with Gasteiger partial charge < -0.3 is 10.2 Å². The van der Waals surface area contributed by atoms with Crippen LogP contribution in [0.4, 0.5) is 0 Å². The summed E-state index contributed by atoms with van der Waals surface area (Å²) >= 11 is 5.91. The number of hydrogen-bond acceptors (Lipinski definition) is 2. The normalized spacial score (nSPS) is 11.0. The number of guanidine groups is 1. The van der Waals surface area contributed by atoms with Gasteiger partial charge in [-0.15, -0.1) is 24.0 Å². The molecule has 0 aliphatic heterocycles. The Kier molecular flexibility index (Phi) is 8.40. The van der Waals surface area contributed by atoms with E-state index in [1.165, 1.54) is 11.1 Å². The zero-order valence-electron chi connectivity index (χ0n) is 13.7. The predicted octanol–water partition coefficient (Wildman–Crippen LogP) is 3.17. The van der Waals surface area contributed by atoms with E-state index in [1.54, 1.807) is 7.05 Å². The van der Waals surface area contributed by atoms with Gasteiger partial charge in [0.25, 0.3) is 0 Å². The third kappa shape index (κ3) is 6.39. The average molecular weight is 448 g/mol. The van der Waals surface area contributed by atoms with Crippen molar-refractivity contribution in [2.45, 2.75) is 20.0 Å². The molecular formula is C16H23ClIN5. The number of aryl methyl sites for hydroxylation is 1. The Hall–Kier alpha value is -1.28. The Balaban J connectivity index is 0.00000264. The summed E-state index contributed by atoms with van der Waals surface area (Å²) < 4.78 is 1.93. The first-order valence-corrected chi connectivity index (χ1v) is 7.61. The fourth-order valence-corrected chi connectivity index (χ4v) is 2.32. The van der Waals surface area contributed by atoms with Gasteiger partial charge in [-0.25, -0.2) is 0 Å². The summed E-state index contributed by atoms with van der Waals surface area (Å²) in [5.74, 6) is 0.860. The maximum absolute atomic E-state index is 5.91. The molecule has 0 aliphatic rings. The lowest BCUT2D eigenvalue weighted by atomic mass is 10.2. The van der Waals surface area contributed by atoms with Gasteiger partial charge in [0.05, 0.1) is 12.7 Å². The molecule has 0 spiro atoms. The summed E-state index contributed by atoms with van der Waals surface area (Å²) in [7, 11) is 3.81. The minimum atomic E-state index is 0. The zero-order valence-corrected chi connectivity index (χ0v) is 16.7. The molecule has 1 aromatic carbocycles. The van der Waals surface area contributed by atoms with Gasteiger partial charge in [-0.1, -0.05) is 23.7 Å². The lowest BCUT2D eigenvalue weighted by Gasteiger charge is -2.22. The van der Waals surface area contributed by atoms with Gasteiger partial charge in [-0.05, 0) is 30.2 Å². The van der Waals surface area contributed by atoms with Crippen molar-refractivity contribution in [3.8, 4) is 0 Å². The van der Waals surface area contributed by atoms with Gasteiger partial charge in [0.2, 0.25) is 0 Å². The van der Waals surface area contributed by atoms with Crippen molar-refractivity contribution < 1.29 is 0 Å². The van der Waals surface area contributed by atoms with Gasteiger partial charge >= 0.3 is 0 Å². The van der Waals surface area contributed by atoms with E-state index < -0.39 is 0 Å². The number of aliphatic imine (C=N–C) groups is 1. The van der Waals surface area contributed by atoms with Crippen molar-refractivity contribution in [2.75, 3.05) is 20.6 Å². The second-order valence-electron chi connectivity index (χ2n) is 5.24. The van der Waals surface area contributed by atoms with Crippen LogP contribution in [0, 0.1) is 6.92 Å². The van der Waals surface area contributed by atoms with E-state index in [0.717, 1.165) is 30.6 Å². The number of rotatable bonds is 5. The Morgan fingerprint density at radius 1 is 1.35 bits per heavy atom. The predicted molar refractivity (Wildman–Crippen MR) is 107 cm³/mol. The molecule has 1 N–H and O–H groups in total. The molecule has 0 atom stereocenters. The second kappa shape index (κ2) is 9.77. The quantitative estimate of drug-likeness (QED) is 0.435. The molecule has 0 bridgehead atoms. The Morgan fingerprint density at radius 2 is 2.04 bits per heavy atom. The molecule has 0 unspecified atom stereocenters. The summed E-state index contributed by atoms with van der Waals surface area (Å²) in [5.41, 5.74) is 2.36. The lowest BCUT2D eigenvalue weighted by Crippen LogP contribution is -2.39. The van der Waals surface area contributed by atoms with Crippen molar-refractivity contribution in [3.63, 3.8) is 0 Å². The highest BCUT2D eigenvalue weighted by atomic mass is 127. The molecule has 0 saturated heterocycles. The molecule has 0 fully saturated rings. The molecule has 1 aromatic heterocycles. The van der Waals surface area contributed by atoms with Crippen molar-refractivity contribution in [1.29, 1.82) is 0 Å². The number of aromatic nitrogens is 2. The third-order valence-corrected chi connectivity index (χ3v) is 3.54. The summed E-state index contributed by atoms with van der Waals surface area (Å²) in [6.07, 6.45) is 3.89. The molecule has 5 nitrogen and oxygen atoms in total. The SMILES string of the molecule is CN=C(NCCn1cc(C)cn1)N(C)Cc1ccc(Cl)cc1.I. The van der Waals surface area contributed by atoms with Crippen LogP contribution in [0.2, 0.25) is 5.02 Å². The van der Waals surface area contributed by atoms with Crippen molar-refractivity contribution in [3.05, 3.63) is 52.8 Å². The summed E-state index contributed by atoms with van der Waals surface area (Å²) in [6, 6.07) is 7.86. The highest BCUT2D eigenvalue weighted by Gasteiger charge is 2.06. The molecule has 1 heterocycles. The first-order valence-electron chi connectivity index (χ1n) is 7.24. The molecule has 2 rings (SSSR count). The molecule has 126 valence electrons. The summed E-state index contributed by atoms with van der Waals surface area (Å²) in [5, 5.41) is 8.37. The molecule has 0 radical (unpaired) electrons. The van der Waals surface area contributed by atoms with Crippen LogP contribution >= 0.6 is 35.6 Å². The fraction of sp³-hybridized carbons (Fsp3) is 0.375. The van der Waals surface area contributed by atoms with Gasteiger partial charge in [-0.3, -0.25) is 9.67 Å². The van der Waals surface area contributed by atoms with Crippen LogP contribution in [0.5, 0.6) is 0 Å². The largest absolute Gasteiger partial charge is 0.354 e. The van der Waals surface area contributed by atoms with E-state index >= 15 is 0 Å². The van der Waals surface area contributed by atoms with E-state index in [4.69, 9.17) is 11.6 Å². The monoisotopic (exact) mass is 447 g/mol. The van der Waals surface area contributed by atoms with Crippen LogP contribution in [-0.4, -0.2) is 41.3 Å². The first kappa shape index (κ1) is 19.8. The van der Waals surface area contributed by atoms with Crippen LogP contribution in [0.3, 0.4) is 0 Å². The van der Waals surface area contributed by atoms with Crippen LogP contribution < -0.4 is 5.32 Å². The van der Waals surface area contributed by atoms with Crippen molar-refractivity contribution in [1.82, 2.24) is 20.0 Å². The molecule has 0 saturated carbocycles. The smallest absolute Gasteiger partial charge is 0.193 e. The highest BCUT2D eigenvalue weighted by Crippen LogP contribution is 2.10. The third-order valence-electron chi connectivity index (χ3n) is 3.29. The summed E-state index contributed by atoms with van der Waals surface area (Å²) in [6.45, 7) is 4.40. The van der Waals surface area contributed by atoms with Crippen molar-refractivity contribution >= 4 is 41.5 Å². The number of hydrogen-bond donors (Lipinski definition) is 1. The molecule has 7 heteroatoms. The summed E-state index contributed by atoms with van der Waals surface area (Å²) in [4.78, 5) is 6.39. The minimum absolute atomic E-state index is 0. The standard InChI is InChI=1S/C16H22ClN5.HI/c1-13-10-20-22(11-13)9-8-19-16(18-2)21(3)12-14-4-6-15(17)7-5-14;/h4-7,10-11H,8-9,12H2,1-3H3,(H,18,19);1H. The molecule has 23 heavy (non-hydrogen) atoms. The van der Waals surface area contributed by atoms with E-state index in [1.807, 2.05) is 55.3 Å². The van der Waals surface area contributed by atoms with Gasteiger partial charge in [-0.2, -0.15) is 5.10 Å². The zero-order chi connectivity index (χ0) is 15.9. The van der Waals surface area contributed by atoms with E-state index in [-0.39, 0.29) is 24.0 Å². The van der Waals surface area contributed by atoms with E-state index in [0.29, 0.717) is 0 Å². The maximum atomic E-state index is 5.91. The van der Waals surface area contributed by atoms with Crippen LogP contribution in [0.15, 0.2) is 41.7 Å². The van der Waals surface area contributed by atoms with Crippen LogP contribution in [0.1, 0.15) is 11.1 Å². The fourth-order valence-electron chi connectivity index (χ4n) is 2.19. The van der Waals surface area contributed by atoms with Crippen LogP contribution in [0.25, 0.3) is 0 Å². The molecule has 0 aliphatic carbocycles. The van der Waals surface area contributed by atoms with Gasteiger partial charge in [0.15, 0.2) is 5.96 Å². The second-order valence-corrected chi connectivity index (χ2v) is 5.67. The lowest BCUT2D eigenvalue weighted by molar-refractivity contribution is 0.470. The average Bonchev–Trinajstić information content (AvgIpc) is 2.91. The maximum Gasteiger partial charge on any atom is 0.193 e. The van der Waals surface area contributed by atoms with Crippen LogP contribution in [-0.2, 0) is 13.1 Å². The molecule has 0 amide bonds. The number of nitrogens with one attached hydrogen (secondary N) is 1. The Labute approximate surface area is 159 Å². The van der Waals surface area contributed by atoms with Crippen molar-refractivity contribution in [2.24, 2.45) is 4.99 Å². The topological polar surface area (TPSA) is 45.5 Å². The number of nitrogens with zero attached hydrogens (tertiary/aromatic N) is 4. The Bertz CT molecular complexity index is 624. The van der Waals surface area contributed by atoms with E-state index in [2.05, 4.69) is 20.3 Å². The van der Waals surface area contributed by atoms with Gasteiger partial charge in [0.1, 0.15) is 0 Å². The number of halogens is 2. The highest BCUT2D eigenvalue weighted by molar-refractivity contribution is 14.0. The first-order chi connectivity index (χ1) is 10.6. The van der Waals surface area contributed by atoms with Gasteiger partial charge in [0, 0.05) is 38.4 Å². The van der Waals surface area contributed by atoms with E-state index in [9.17, 15) is 0 Å². The number of benzene rings is 1. The minimum Gasteiger partial charge on any atom is -0.354 e. The molecule has 2 aromatic rings.